The third kappa shape index (κ3) is 3.88. The molecule has 2 N–H and O–H groups in total. The minimum atomic E-state index is -0.680. The molecule has 136 valence electrons. The molecule has 1 heterocycles. The molecule has 0 unspecified atom stereocenters. The highest BCUT2D eigenvalue weighted by Gasteiger charge is 2.26. The minimum Gasteiger partial charge on any atom is -0.481 e. The van der Waals surface area contributed by atoms with Crippen molar-refractivity contribution in [1.82, 2.24) is 9.78 Å². The number of rotatable bonds is 6. The molecule has 2 aromatic rings. The van der Waals surface area contributed by atoms with E-state index in [9.17, 15) is 4.79 Å². The normalized spacial score (nSPS) is 19.7. The van der Waals surface area contributed by atoms with Crippen LogP contribution >= 0.6 is 0 Å². The van der Waals surface area contributed by atoms with Gasteiger partial charge in [0.05, 0.1) is 40.8 Å². The van der Waals surface area contributed by atoms with Gasteiger partial charge < -0.3 is 10.4 Å². The van der Waals surface area contributed by atoms with E-state index in [1.165, 1.54) is 0 Å². The second-order valence-electron chi connectivity index (χ2n) is 6.86. The van der Waals surface area contributed by atoms with Crippen LogP contribution in [0.4, 0.5) is 5.69 Å². The van der Waals surface area contributed by atoms with Gasteiger partial charge in [-0.1, -0.05) is 19.4 Å². The van der Waals surface area contributed by atoms with Crippen molar-refractivity contribution in [3.63, 3.8) is 0 Å². The van der Waals surface area contributed by atoms with E-state index in [0.717, 1.165) is 42.8 Å². The lowest BCUT2D eigenvalue weighted by Gasteiger charge is -2.27. The third-order valence-electron chi connectivity index (χ3n) is 5.01. The van der Waals surface area contributed by atoms with Crippen LogP contribution in [-0.4, -0.2) is 26.9 Å². The highest BCUT2D eigenvalue weighted by molar-refractivity contribution is 5.70. The number of aromatic nitrogens is 2. The van der Waals surface area contributed by atoms with Gasteiger partial charge in [0.15, 0.2) is 0 Å². The van der Waals surface area contributed by atoms with Crippen molar-refractivity contribution in [2.75, 3.05) is 5.32 Å². The van der Waals surface area contributed by atoms with E-state index in [-0.39, 0.29) is 12.0 Å². The molecule has 6 nitrogen and oxygen atoms in total. The summed E-state index contributed by atoms with van der Waals surface area (Å²) in [5.74, 6) is -0.889. The fraction of sp³-hybridized carbons (Fsp3) is 0.450. The Hall–Kier alpha value is -2.81. The Morgan fingerprint density at radius 2 is 2.15 bits per heavy atom. The Kier molecular flexibility index (Phi) is 5.57. The molecule has 1 saturated carbocycles. The third-order valence-corrected chi connectivity index (χ3v) is 5.01. The minimum absolute atomic E-state index is 0.209. The molecule has 0 bridgehead atoms. The lowest BCUT2D eigenvalue weighted by atomic mass is 9.86. The Morgan fingerprint density at radius 1 is 1.38 bits per heavy atom. The van der Waals surface area contributed by atoms with Crippen molar-refractivity contribution in [3.8, 4) is 11.8 Å². The molecule has 3 rings (SSSR count). The molecule has 0 spiro atoms. The van der Waals surface area contributed by atoms with Gasteiger partial charge >= 0.3 is 5.97 Å². The van der Waals surface area contributed by atoms with E-state index in [4.69, 9.17) is 10.4 Å². The Balaban J connectivity index is 1.79. The summed E-state index contributed by atoms with van der Waals surface area (Å²) in [6.07, 6.45) is 6.86. The summed E-state index contributed by atoms with van der Waals surface area (Å²) in [5, 5.41) is 26.4. The van der Waals surface area contributed by atoms with E-state index in [2.05, 4.69) is 23.4 Å². The molecule has 0 radical (unpaired) electrons. The first-order valence-electron chi connectivity index (χ1n) is 9.19. The summed E-state index contributed by atoms with van der Waals surface area (Å²) < 4.78 is 1.90. The van der Waals surface area contributed by atoms with Gasteiger partial charge in [-0.2, -0.15) is 10.4 Å². The number of anilines is 1. The van der Waals surface area contributed by atoms with Crippen molar-refractivity contribution in [1.29, 1.82) is 5.26 Å². The summed E-state index contributed by atoms with van der Waals surface area (Å²) in [6.45, 7) is 2.13. The first-order chi connectivity index (χ1) is 12.6. The number of carboxylic acid groups (broad SMARTS) is 1. The maximum absolute atomic E-state index is 11.1. The summed E-state index contributed by atoms with van der Waals surface area (Å²) >= 11 is 0. The lowest BCUT2D eigenvalue weighted by Crippen LogP contribution is -2.29. The standard InChI is InChI=1S/C20H24N4O2/c1-2-4-19-18(23-16-9-7-15(8-10-16)20(25)26)13-22-24(19)17-6-3-5-14(11-17)12-21/h3,5-6,11,13,15-16,23H,2,4,7-10H2,1H3,(H,25,26). The molecular formula is C20H24N4O2. The van der Waals surface area contributed by atoms with Crippen molar-refractivity contribution in [2.24, 2.45) is 5.92 Å². The van der Waals surface area contributed by atoms with Crippen LogP contribution in [0.1, 0.15) is 50.3 Å². The molecule has 1 aromatic carbocycles. The summed E-state index contributed by atoms with van der Waals surface area (Å²) in [4.78, 5) is 11.1. The monoisotopic (exact) mass is 352 g/mol. The molecule has 1 aromatic heterocycles. The number of nitrogens with zero attached hydrogens (tertiary/aromatic N) is 3. The van der Waals surface area contributed by atoms with Crippen molar-refractivity contribution in [3.05, 3.63) is 41.7 Å². The number of nitriles is 1. The maximum Gasteiger partial charge on any atom is 0.306 e. The van der Waals surface area contributed by atoms with Gasteiger partial charge in [0.25, 0.3) is 0 Å². The molecule has 1 fully saturated rings. The predicted octanol–water partition coefficient (Wildman–Crippen LogP) is 3.75. The number of nitrogens with one attached hydrogen (secondary N) is 1. The Labute approximate surface area is 153 Å². The number of aliphatic carboxylic acids is 1. The summed E-state index contributed by atoms with van der Waals surface area (Å²) in [6, 6.07) is 9.90. The first kappa shape index (κ1) is 18.0. The molecule has 0 aliphatic heterocycles. The van der Waals surface area contributed by atoms with Crippen LogP contribution in [0.15, 0.2) is 30.5 Å². The quantitative estimate of drug-likeness (QED) is 0.826. The Morgan fingerprint density at radius 3 is 2.81 bits per heavy atom. The number of hydrogen-bond donors (Lipinski definition) is 2. The van der Waals surface area contributed by atoms with Crippen molar-refractivity contribution in [2.45, 2.75) is 51.5 Å². The number of carbonyl (C=O) groups is 1. The molecule has 0 saturated heterocycles. The van der Waals surface area contributed by atoms with Crippen molar-refractivity contribution < 1.29 is 9.90 Å². The van der Waals surface area contributed by atoms with E-state index in [1.54, 1.807) is 6.07 Å². The molecule has 6 heteroatoms. The smallest absolute Gasteiger partial charge is 0.306 e. The summed E-state index contributed by atoms with van der Waals surface area (Å²) in [5.41, 5.74) is 3.60. The zero-order valence-electron chi connectivity index (χ0n) is 15.0. The maximum atomic E-state index is 11.1. The van der Waals surface area contributed by atoms with E-state index < -0.39 is 5.97 Å². The first-order valence-corrected chi connectivity index (χ1v) is 9.19. The summed E-state index contributed by atoms with van der Waals surface area (Å²) in [7, 11) is 0. The van der Waals surface area contributed by atoms with Crippen LogP contribution < -0.4 is 5.32 Å². The molecule has 1 aliphatic carbocycles. The molecule has 26 heavy (non-hydrogen) atoms. The Bertz CT molecular complexity index is 813. The average Bonchev–Trinajstić information content (AvgIpc) is 3.05. The lowest BCUT2D eigenvalue weighted by molar-refractivity contribution is -0.142. The average molecular weight is 352 g/mol. The molecule has 0 atom stereocenters. The van der Waals surface area contributed by atoms with Gasteiger partial charge in [0, 0.05) is 6.04 Å². The van der Waals surface area contributed by atoms with Crippen LogP contribution in [0.3, 0.4) is 0 Å². The SMILES string of the molecule is CCCc1c(NC2CCC(C(=O)O)CC2)cnn1-c1cccc(C#N)c1. The van der Waals surface area contributed by atoms with Gasteiger partial charge in [-0.3, -0.25) is 4.79 Å². The highest BCUT2D eigenvalue weighted by Crippen LogP contribution is 2.29. The largest absolute Gasteiger partial charge is 0.481 e. The number of hydrogen-bond acceptors (Lipinski definition) is 4. The van der Waals surface area contributed by atoms with Gasteiger partial charge in [-0.05, 0) is 50.3 Å². The van der Waals surface area contributed by atoms with Crippen LogP contribution in [0.25, 0.3) is 5.69 Å². The fourth-order valence-electron chi connectivity index (χ4n) is 3.61. The molecule has 0 amide bonds. The van der Waals surface area contributed by atoms with E-state index in [1.807, 2.05) is 29.1 Å². The van der Waals surface area contributed by atoms with Crippen LogP contribution in [0.5, 0.6) is 0 Å². The van der Waals surface area contributed by atoms with Crippen LogP contribution in [-0.2, 0) is 11.2 Å². The van der Waals surface area contributed by atoms with Gasteiger partial charge in [-0.25, -0.2) is 4.68 Å². The second-order valence-corrected chi connectivity index (χ2v) is 6.86. The zero-order chi connectivity index (χ0) is 18.5. The number of benzene rings is 1. The zero-order valence-corrected chi connectivity index (χ0v) is 15.0. The van der Waals surface area contributed by atoms with Gasteiger partial charge in [0.1, 0.15) is 0 Å². The van der Waals surface area contributed by atoms with Gasteiger partial charge in [-0.15, -0.1) is 0 Å². The second kappa shape index (κ2) is 8.05. The fourth-order valence-corrected chi connectivity index (χ4v) is 3.61. The predicted molar refractivity (Wildman–Crippen MR) is 99.3 cm³/mol. The van der Waals surface area contributed by atoms with Gasteiger partial charge in [0.2, 0.25) is 0 Å². The highest BCUT2D eigenvalue weighted by atomic mass is 16.4. The van der Waals surface area contributed by atoms with E-state index in [0.29, 0.717) is 18.4 Å². The molecular weight excluding hydrogens is 328 g/mol. The van der Waals surface area contributed by atoms with Crippen LogP contribution in [0, 0.1) is 17.2 Å². The van der Waals surface area contributed by atoms with Crippen molar-refractivity contribution >= 4 is 11.7 Å². The topological polar surface area (TPSA) is 90.9 Å². The van der Waals surface area contributed by atoms with E-state index >= 15 is 0 Å². The van der Waals surface area contributed by atoms with Crippen LogP contribution in [0.2, 0.25) is 0 Å². The molecule has 1 aliphatic rings. The number of carboxylic acids is 1.